The molecule has 0 heterocycles. The van der Waals surface area contributed by atoms with Crippen molar-refractivity contribution in [3.05, 3.63) is 95.3 Å². The molecule has 1 N–H and O–H groups in total. The maximum absolute atomic E-state index is 14.6. The molecule has 0 saturated carbocycles. The van der Waals surface area contributed by atoms with Gasteiger partial charge in [-0.05, 0) is 56.5 Å². The Morgan fingerprint density at radius 1 is 0.897 bits per heavy atom. The summed E-state index contributed by atoms with van der Waals surface area (Å²) in [6.45, 7) is 8.70. The molecule has 9 heteroatoms. The predicted molar refractivity (Wildman–Crippen MR) is 151 cm³/mol. The molecule has 0 fully saturated rings. The molecule has 208 valence electrons. The summed E-state index contributed by atoms with van der Waals surface area (Å²) in [6.07, 6.45) is 0. The summed E-state index contributed by atoms with van der Waals surface area (Å²) < 4.78 is 43.4. The fraction of sp³-hybridized carbons (Fsp3) is 0.333. The minimum Gasteiger partial charge on any atom is -0.354 e. The average Bonchev–Trinajstić information content (AvgIpc) is 2.90. The number of rotatable bonds is 11. The third-order valence-corrected chi connectivity index (χ3v) is 8.20. The summed E-state index contributed by atoms with van der Waals surface area (Å²) in [5.74, 6) is -1.37. The Kier molecular flexibility index (Phi) is 9.86. The van der Waals surface area contributed by atoms with Gasteiger partial charge in [0.1, 0.15) is 18.4 Å². The maximum Gasteiger partial charge on any atom is 0.264 e. The Bertz CT molecular complexity index is 1410. The van der Waals surface area contributed by atoms with Gasteiger partial charge in [-0.3, -0.25) is 13.9 Å². The van der Waals surface area contributed by atoms with E-state index in [1.165, 1.54) is 35.2 Å². The van der Waals surface area contributed by atoms with E-state index in [2.05, 4.69) is 5.32 Å². The van der Waals surface area contributed by atoms with Gasteiger partial charge < -0.3 is 10.2 Å². The molecular weight excluding hydrogens is 517 g/mol. The molecule has 0 radical (unpaired) electrons. The van der Waals surface area contributed by atoms with Gasteiger partial charge >= 0.3 is 0 Å². The van der Waals surface area contributed by atoms with Crippen LogP contribution < -0.4 is 9.62 Å². The molecule has 0 bridgehead atoms. The normalized spacial score (nSPS) is 12.2. The Labute approximate surface area is 230 Å². The molecule has 3 rings (SSSR count). The highest BCUT2D eigenvalue weighted by Gasteiger charge is 2.33. The van der Waals surface area contributed by atoms with Crippen LogP contribution in [-0.4, -0.2) is 44.3 Å². The second-order valence-electron chi connectivity index (χ2n) is 10.0. The number of benzene rings is 3. The summed E-state index contributed by atoms with van der Waals surface area (Å²) in [4.78, 5) is 28.1. The van der Waals surface area contributed by atoms with Crippen LogP contribution in [0.25, 0.3) is 0 Å². The van der Waals surface area contributed by atoms with Crippen LogP contribution in [0.3, 0.4) is 0 Å². The number of carbonyl (C=O) groups is 2. The summed E-state index contributed by atoms with van der Waals surface area (Å²) in [6, 6.07) is 18.3. The lowest BCUT2D eigenvalue weighted by Crippen LogP contribution is -2.51. The van der Waals surface area contributed by atoms with Crippen LogP contribution in [-0.2, 0) is 26.2 Å². The molecule has 3 aromatic carbocycles. The van der Waals surface area contributed by atoms with Gasteiger partial charge in [-0.25, -0.2) is 12.8 Å². The number of para-hydroxylation sites is 1. The first-order chi connectivity index (χ1) is 18.4. The average molecular weight is 554 g/mol. The standard InChI is InChI=1S/C30H36FN3O4S/c1-21(2)18-32-30(36)24(5)33(19-25-11-7-8-12-27(25)31)29(35)20-34(28-13-9-6-10-23(28)4)39(37,38)26-16-14-22(3)15-17-26/h6-17,21,24H,18-20H2,1-5H3,(H,32,36)/t24-/m1/s1. The fourth-order valence-corrected chi connectivity index (χ4v) is 5.52. The second kappa shape index (κ2) is 12.9. The van der Waals surface area contributed by atoms with E-state index in [9.17, 15) is 22.4 Å². The molecule has 0 aliphatic rings. The Hall–Kier alpha value is -3.72. The van der Waals surface area contributed by atoms with E-state index in [0.29, 0.717) is 17.8 Å². The minimum absolute atomic E-state index is 0.0348. The van der Waals surface area contributed by atoms with Gasteiger partial charge in [0.15, 0.2) is 0 Å². The molecule has 0 aromatic heterocycles. The van der Waals surface area contributed by atoms with E-state index < -0.39 is 40.2 Å². The Balaban J connectivity index is 2.03. The van der Waals surface area contributed by atoms with Crippen molar-refractivity contribution in [3.8, 4) is 0 Å². The van der Waals surface area contributed by atoms with E-state index in [1.807, 2.05) is 20.8 Å². The van der Waals surface area contributed by atoms with E-state index in [0.717, 1.165) is 9.87 Å². The number of anilines is 1. The third kappa shape index (κ3) is 7.44. The zero-order valence-corrected chi connectivity index (χ0v) is 23.8. The highest BCUT2D eigenvalue weighted by molar-refractivity contribution is 7.92. The number of halogens is 1. The van der Waals surface area contributed by atoms with Gasteiger partial charge in [0.05, 0.1) is 10.6 Å². The molecule has 0 unspecified atom stereocenters. The first-order valence-corrected chi connectivity index (χ1v) is 14.3. The number of amides is 2. The van der Waals surface area contributed by atoms with Crippen LogP contribution in [0.2, 0.25) is 0 Å². The minimum atomic E-state index is -4.16. The van der Waals surface area contributed by atoms with Crippen molar-refractivity contribution in [2.45, 2.75) is 52.1 Å². The summed E-state index contributed by atoms with van der Waals surface area (Å²) >= 11 is 0. The van der Waals surface area contributed by atoms with Crippen molar-refractivity contribution in [1.29, 1.82) is 0 Å². The lowest BCUT2D eigenvalue weighted by Gasteiger charge is -2.32. The van der Waals surface area contributed by atoms with Crippen LogP contribution in [0, 0.1) is 25.6 Å². The fourth-order valence-electron chi connectivity index (χ4n) is 4.04. The summed E-state index contributed by atoms with van der Waals surface area (Å²) in [5, 5.41) is 2.81. The van der Waals surface area contributed by atoms with Crippen LogP contribution in [0.4, 0.5) is 10.1 Å². The van der Waals surface area contributed by atoms with E-state index in [4.69, 9.17) is 0 Å². The molecule has 1 atom stereocenters. The smallest absolute Gasteiger partial charge is 0.264 e. The predicted octanol–water partition coefficient (Wildman–Crippen LogP) is 4.83. The Morgan fingerprint density at radius 3 is 2.13 bits per heavy atom. The zero-order chi connectivity index (χ0) is 28.7. The summed E-state index contributed by atoms with van der Waals surface area (Å²) in [5.41, 5.74) is 2.11. The first kappa shape index (κ1) is 29.8. The van der Waals surface area contributed by atoms with Gasteiger partial charge in [-0.1, -0.05) is 67.9 Å². The highest BCUT2D eigenvalue weighted by atomic mass is 32.2. The lowest BCUT2D eigenvalue weighted by molar-refractivity contribution is -0.139. The van der Waals surface area contributed by atoms with Crippen LogP contribution in [0.5, 0.6) is 0 Å². The molecule has 39 heavy (non-hydrogen) atoms. The number of sulfonamides is 1. The van der Waals surface area contributed by atoms with Crippen molar-refractivity contribution < 1.29 is 22.4 Å². The number of hydrogen-bond acceptors (Lipinski definition) is 4. The maximum atomic E-state index is 14.6. The second-order valence-corrected chi connectivity index (χ2v) is 11.9. The lowest BCUT2D eigenvalue weighted by atomic mass is 10.1. The number of nitrogens with one attached hydrogen (secondary N) is 1. The highest BCUT2D eigenvalue weighted by Crippen LogP contribution is 2.27. The first-order valence-electron chi connectivity index (χ1n) is 12.9. The van der Waals surface area contributed by atoms with Gasteiger partial charge in [0, 0.05) is 18.7 Å². The molecule has 3 aromatic rings. The van der Waals surface area contributed by atoms with Crippen LogP contribution >= 0.6 is 0 Å². The van der Waals surface area contributed by atoms with Crippen LogP contribution in [0.1, 0.15) is 37.5 Å². The largest absolute Gasteiger partial charge is 0.354 e. The summed E-state index contributed by atoms with van der Waals surface area (Å²) in [7, 11) is -4.16. The van der Waals surface area contributed by atoms with Crippen molar-refractivity contribution >= 4 is 27.5 Å². The van der Waals surface area contributed by atoms with Gasteiger partial charge in [0.2, 0.25) is 11.8 Å². The van der Waals surface area contributed by atoms with E-state index >= 15 is 0 Å². The van der Waals surface area contributed by atoms with Crippen molar-refractivity contribution in [2.75, 3.05) is 17.4 Å². The number of carbonyl (C=O) groups excluding carboxylic acids is 2. The zero-order valence-electron chi connectivity index (χ0n) is 23.0. The molecule has 0 aliphatic carbocycles. The van der Waals surface area contributed by atoms with Crippen molar-refractivity contribution in [1.82, 2.24) is 10.2 Å². The third-order valence-electron chi connectivity index (χ3n) is 6.42. The molecule has 0 saturated heterocycles. The number of aryl methyl sites for hydroxylation is 2. The molecule has 7 nitrogen and oxygen atoms in total. The SMILES string of the molecule is Cc1ccc(S(=O)(=O)N(CC(=O)N(Cc2ccccc2F)[C@H](C)C(=O)NCC(C)C)c2ccccc2C)cc1. The van der Waals surface area contributed by atoms with Crippen molar-refractivity contribution in [2.24, 2.45) is 5.92 Å². The van der Waals surface area contributed by atoms with E-state index in [1.54, 1.807) is 56.3 Å². The van der Waals surface area contributed by atoms with Gasteiger partial charge in [0.25, 0.3) is 10.0 Å². The number of hydrogen-bond donors (Lipinski definition) is 1. The quantitative estimate of drug-likeness (QED) is 0.369. The molecule has 0 spiro atoms. The van der Waals surface area contributed by atoms with Gasteiger partial charge in [-0.15, -0.1) is 0 Å². The van der Waals surface area contributed by atoms with Gasteiger partial charge in [-0.2, -0.15) is 0 Å². The molecule has 2 amide bonds. The van der Waals surface area contributed by atoms with E-state index in [-0.39, 0.29) is 22.9 Å². The monoisotopic (exact) mass is 553 g/mol. The Morgan fingerprint density at radius 2 is 1.51 bits per heavy atom. The topological polar surface area (TPSA) is 86.8 Å². The molecular formula is C30H36FN3O4S. The van der Waals surface area contributed by atoms with Crippen LogP contribution in [0.15, 0.2) is 77.7 Å². The van der Waals surface area contributed by atoms with Crippen molar-refractivity contribution in [3.63, 3.8) is 0 Å². The molecule has 0 aliphatic heterocycles. The number of nitrogens with zero attached hydrogens (tertiary/aromatic N) is 2.